The number of carboxylic acid groups (broad SMARTS) is 1. The molecule has 0 saturated heterocycles. The second-order valence-electron chi connectivity index (χ2n) is 4.99. The summed E-state index contributed by atoms with van der Waals surface area (Å²) >= 11 is 3.57. The van der Waals surface area contributed by atoms with Gasteiger partial charge in [-0.25, -0.2) is 9.78 Å². The van der Waals surface area contributed by atoms with Crippen LogP contribution in [0.15, 0.2) is 40.9 Å². The van der Waals surface area contributed by atoms with Crippen LogP contribution in [-0.4, -0.2) is 20.6 Å². The first kappa shape index (κ1) is 13.8. The maximum atomic E-state index is 11.1. The van der Waals surface area contributed by atoms with Gasteiger partial charge in [0.2, 0.25) is 0 Å². The lowest BCUT2D eigenvalue weighted by Gasteiger charge is -2.06. The van der Waals surface area contributed by atoms with Crippen LogP contribution in [0.2, 0.25) is 0 Å². The predicted octanol–water partition coefficient (Wildman–Crippen LogP) is 4.01. The fraction of sp³-hybridized carbons (Fsp3) is 0.125. The van der Waals surface area contributed by atoms with Crippen molar-refractivity contribution in [1.82, 2.24) is 9.55 Å². The van der Waals surface area contributed by atoms with Crippen molar-refractivity contribution in [2.45, 2.75) is 6.92 Å². The molecule has 0 fully saturated rings. The summed E-state index contributed by atoms with van der Waals surface area (Å²) in [6.45, 7) is 2.03. The van der Waals surface area contributed by atoms with Gasteiger partial charge in [0.1, 0.15) is 5.82 Å². The van der Waals surface area contributed by atoms with Crippen LogP contribution < -0.4 is 0 Å². The molecule has 1 aromatic heterocycles. The Kier molecular flexibility index (Phi) is 3.29. The van der Waals surface area contributed by atoms with E-state index in [-0.39, 0.29) is 5.56 Å². The molecule has 3 aromatic rings. The van der Waals surface area contributed by atoms with E-state index < -0.39 is 5.97 Å². The van der Waals surface area contributed by atoms with Crippen molar-refractivity contribution in [3.05, 3.63) is 52.0 Å². The van der Waals surface area contributed by atoms with Crippen LogP contribution in [-0.2, 0) is 7.05 Å². The molecule has 3 rings (SSSR count). The van der Waals surface area contributed by atoms with E-state index in [1.54, 1.807) is 18.2 Å². The summed E-state index contributed by atoms with van der Waals surface area (Å²) in [5.74, 6) is -0.139. The van der Waals surface area contributed by atoms with Crippen LogP contribution in [0.25, 0.3) is 22.4 Å². The van der Waals surface area contributed by atoms with E-state index in [2.05, 4.69) is 20.9 Å². The van der Waals surface area contributed by atoms with E-state index in [9.17, 15) is 4.79 Å². The minimum atomic E-state index is -0.944. The first-order valence-corrected chi connectivity index (χ1v) is 7.23. The first-order valence-electron chi connectivity index (χ1n) is 6.43. The molecule has 0 bridgehead atoms. The quantitative estimate of drug-likeness (QED) is 0.764. The fourth-order valence-electron chi connectivity index (χ4n) is 2.38. The Morgan fingerprint density at radius 2 is 2.00 bits per heavy atom. The number of benzene rings is 2. The van der Waals surface area contributed by atoms with Crippen LogP contribution in [0.4, 0.5) is 0 Å². The highest BCUT2D eigenvalue weighted by Gasteiger charge is 2.14. The number of fused-ring (bicyclic) bond motifs is 1. The lowest BCUT2D eigenvalue weighted by molar-refractivity contribution is 0.0697. The fourth-order valence-corrected chi connectivity index (χ4v) is 3.05. The summed E-state index contributed by atoms with van der Waals surface area (Å²) in [6.07, 6.45) is 0. The molecule has 0 aliphatic rings. The minimum absolute atomic E-state index is 0.245. The summed E-state index contributed by atoms with van der Waals surface area (Å²) in [7, 11) is 1.93. The molecule has 0 aliphatic heterocycles. The number of carboxylic acids is 1. The smallest absolute Gasteiger partial charge is 0.335 e. The normalized spacial score (nSPS) is 11.0. The largest absolute Gasteiger partial charge is 0.478 e. The second-order valence-corrected chi connectivity index (χ2v) is 5.84. The molecule has 21 heavy (non-hydrogen) atoms. The number of imidazole rings is 1. The molecule has 0 spiro atoms. The summed E-state index contributed by atoms with van der Waals surface area (Å²) < 4.78 is 2.94. The van der Waals surface area contributed by atoms with Crippen molar-refractivity contribution in [2.75, 3.05) is 0 Å². The maximum absolute atomic E-state index is 11.1. The van der Waals surface area contributed by atoms with Gasteiger partial charge in [-0.1, -0.05) is 22.0 Å². The van der Waals surface area contributed by atoms with Crippen LogP contribution in [0.3, 0.4) is 0 Å². The molecule has 1 heterocycles. The van der Waals surface area contributed by atoms with Gasteiger partial charge < -0.3 is 9.67 Å². The maximum Gasteiger partial charge on any atom is 0.335 e. The zero-order chi connectivity index (χ0) is 15.1. The van der Waals surface area contributed by atoms with Crippen LogP contribution >= 0.6 is 15.9 Å². The van der Waals surface area contributed by atoms with Crippen molar-refractivity contribution < 1.29 is 9.90 Å². The van der Waals surface area contributed by atoms with Gasteiger partial charge >= 0.3 is 5.97 Å². The SMILES string of the molecule is Cc1ccc(-c2nc3cc(C(=O)O)ccc3n2C)c(Br)c1. The number of carbonyl (C=O) groups is 1. The zero-order valence-corrected chi connectivity index (χ0v) is 13.2. The number of aryl methyl sites for hydroxylation is 2. The van der Waals surface area contributed by atoms with Gasteiger partial charge in [-0.05, 0) is 42.8 Å². The Bertz CT molecular complexity index is 868. The monoisotopic (exact) mass is 344 g/mol. The third kappa shape index (κ3) is 2.34. The highest BCUT2D eigenvalue weighted by atomic mass is 79.9. The van der Waals surface area contributed by atoms with E-state index in [4.69, 9.17) is 5.11 Å². The molecule has 0 unspecified atom stereocenters. The van der Waals surface area contributed by atoms with E-state index in [1.807, 2.05) is 36.7 Å². The Hall–Kier alpha value is -2.14. The number of halogens is 1. The molecular weight excluding hydrogens is 332 g/mol. The first-order chi connectivity index (χ1) is 9.97. The Balaban J connectivity index is 2.23. The van der Waals surface area contributed by atoms with E-state index >= 15 is 0 Å². The molecule has 5 heteroatoms. The van der Waals surface area contributed by atoms with E-state index in [0.717, 1.165) is 26.9 Å². The van der Waals surface area contributed by atoms with Crippen molar-refractivity contribution in [1.29, 1.82) is 0 Å². The van der Waals surface area contributed by atoms with Gasteiger partial charge in [0.05, 0.1) is 16.6 Å². The number of hydrogen-bond acceptors (Lipinski definition) is 2. The topological polar surface area (TPSA) is 55.1 Å². The average molecular weight is 345 g/mol. The standard InChI is InChI=1S/C16H13BrN2O2/c1-9-3-5-11(12(17)7-9)15-18-13-8-10(16(20)21)4-6-14(13)19(15)2/h3-8H,1-2H3,(H,20,21). The Morgan fingerprint density at radius 3 is 2.67 bits per heavy atom. The summed E-state index contributed by atoms with van der Waals surface area (Å²) in [5, 5.41) is 9.07. The van der Waals surface area contributed by atoms with Crippen LogP contribution in [0.5, 0.6) is 0 Å². The zero-order valence-electron chi connectivity index (χ0n) is 11.6. The second kappa shape index (κ2) is 5.00. The number of rotatable bonds is 2. The third-order valence-corrected chi connectivity index (χ3v) is 4.15. The highest BCUT2D eigenvalue weighted by Crippen LogP contribution is 2.30. The van der Waals surface area contributed by atoms with E-state index in [1.165, 1.54) is 0 Å². The Morgan fingerprint density at radius 1 is 1.24 bits per heavy atom. The number of aromatic nitrogens is 2. The molecular formula is C16H13BrN2O2. The van der Waals surface area contributed by atoms with Crippen molar-refractivity contribution in [3.63, 3.8) is 0 Å². The average Bonchev–Trinajstić information content (AvgIpc) is 2.75. The summed E-state index contributed by atoms with van der Waals surface area (Å²) in [6, 6.07) is 11.1. The third-order valence-electron chi connectivity index (χ3n) is 3.49. The van der Waals surface area contributed by atoms with Gasteiger partial charge in [-0.15, -0.1) is 0 Å². The molecule has 0 aliphatic carbocycles. The minimum Gasteiger partial charge on any atom is -0.478 e. The van der Waals surface area contributed by atoms with Gasteiger partial charge in [-0.2, -0.15) is 0 Å². The molecule has 1 N–H and O–H groups in total. The lowest BCUT2D eigenvalue weighted by atomic mass is 10.1. The summed E-state index contributed by atoms with van der Waals surface area (Å²) in [5.41, 5.74) is 3.98. The highest BCUT2D eigenvalue weighted by molar-refractivity contribution is 9.10. The van der Waals surface area contributed by atoms with Gasteiger partial charge in [0.15, 0.2) is 0 Å². The number of hydrogen-bond donors (Lipinski definition) is 1. The van der Waals surface area contributed by atoms with Crippen molar-refractivity contribution in [2.24, 2.45) is 7.05 Å². The molecule has 0 saturated carbocycles. The van der Waals surface area contributed by atoms with Gasteiger partial charge in [0.25, 0.3) is 0 Å². The van der Waals surface area contributed by atoms with Crippen molar-refractivity contribution in [3.8, 4) is 11.4 Å². The number of aromatic carboxylic acids is 1. The molecule has 106 valence electrons. The van der Waals surface area contributed by atoms with E-state index in [0.29, 0.717) is 5.52 Å². The van der Waals surface area contributed by atoms with Gasteiger partial charge in [-0.3, -0.25) is 0 Å². The lowest BCUT2D eigenvalue weighted by Crippen LogP contribution is -1.96. The van der Waals surface area contributed by atoms with Gasteiger partial charge in [0, 0.05) is 17.1 Å². The Labute approximate surface area is 130 Å². The van der Waals surface area contributed by atoms with Crippen molar-refractivity contribution >= 4 is 32.9 Å². The molecule has 4 nitrogen and oxygen atoms in total. The number of nitrogens with zero attached hydrogens (tertiary/aromatic N) is 2. The molecule has 0 radical (unpaired) electrons. The molecule has 0 amide bonds. The van der Waals surface area contributed by atoms with Crippen LogP contribution in [0.1, 0.15) is 15.9 Å². The molecule has 2 aromatic carbocycles. The predicted molar refractivity (Wildman–Crippen MR) is 85.5 cm³/mol. The molecule has 0 atom stereocenters. The van der Waals surface area contributed by atoms with Crippen LogP contribution in [0, 0.1) is 6.92 Å². The summed E-state index contributed by atoms with van der Waals surface area (Å²) in [4.78, 5) is 15.6.